The Hall–Kier alpha value is 0.270. The Labute approximate surface area is 97.5 Å². The van der Waals surface area contributed by atoms with Gasteiger partial charge in [0.2, 0.25) is 0 Å². The first kappa shape index (κ1) is 13.3. The second kappa shape index (κ2) is 6.77. The van der Waals surface area contributed by atoms with Gasteiger partial charge in [0.05, 0.1) is 12.2 Å². The highest BCUT2D eigenvalue weighted by Crippen LogP contribution is 2.29. The van der Waals surface area contributed by atoms with Gasteiger partial charge in [0.15, 0.2) is 0 Å². The Bertz CT molecular complexity index is 167. The number of rotatable bonds is 6. The van der Waals surface area contributed by atoms with E-state index in [-0.39, 0.29) is 17.5 Å². The molecule has 0 saturated heterocycles. The van der Waals surface area contributed by atoms with Crippen LogP contribution in [0.3, 0.4) is 0 Å². The molecule has 0 aromatic rings. The van der Waals surface area contributed by atoms with Gasteiger partial charge in [0, 0.05) is 11.0 Å². The summed E-state index contributed by atoms with van der Waals surface area (Å²) >= 11 is 1.68. The van der Waals surface area contributed by atoms with Gasteiger partial charge in [-0.15, -0.1) is 0 Å². The maximum atomic E-state index is 9.84. The predicted molar refractivity (Wildman–Crippen MR) is 66.2 cm³/mol. The Morgan fingerprint density at radius 2 is 1.80 bits per heavy atom. The minimum Gasteiger partial charge on any atom is -0.392 e. The number of aliphatic hydroxyl groups excluding tert-OH is 2. The molecule has 2 N–H and O–H groups in total. The molecule has 0 heterocycles. The quantitative estimate of drug-likeness (QED) is 0.739. The lowest BCUT2D eigenvalue weighted by Crippen LogP contribution is -2.20. The summed E-state index contributed by atoms with van der Waals surface area (Å²) < 4.78 is 0. The summed E-state index contributed by atoms with van der Waals surface area (Å²) in [4.78, 5) is 0. The molecule has 0 spiro atoms. The summed E-state index contributed by atoms with van der Waals surface area (Å²) in [6.07, 6.45) is 5.78. The molecule has 3 heteroatoms. The largest absolute Gasteiger partial charge is 0.392 e. The third kappa shape index (κ3) is 5.23. The molecule has 1 rings (SSSR count). The van der Waals surface area contributed by atoms with Crippen molar-refractivity contribution in [1.29, 1.82) is 0 Å². The summed E-state index contributed by atoms with van der Waals surface area (Å²) in [5.74, 6) is 1.52. The second-order valence-corrected chi connectivity index (χ2v) is 6.23. The van der Waals surface area contributed by atoms with E-state index in [9.17, 15) is 10.2 Å². The third-order valence-corrected chi connectivity index (χ3v) is 4.81. The Balaban J connectivity index is 2.09. The normalized spacial score (nSPS) is 24.0. The van der Waals surface area contributed by atoms with Gasteiger partial charge < -0.3 is 10.2 Å². The molecular formula is C12H24O2S. The Morgan fingerprint density at radius 3 is 2.33 bits per heavy atom. The van der Waals surface area contributed by atoms with Gasteiger partial charge in [-0.2, -0.15) is 11.8 Å². The third-order valence-electron chi connectivity index (χ3n) is 3.31. The first-order chi connectivity index (χ1) is 7.09. The van der Waals surface area contributed by atoms with Crippen molar-refractivity contribution in [3.8, 4) is 0 Å². The van der Waals surface area contributed by atoms with E-state index < -0.39 is 0 Å². The molecule has 1 fully saturated rings. The van der Waals surface area contributed by atoms with Crippen molar-refractivity contribution in [3.05, 3.63) is 0 Å². The molecule has 1 aliphatic carbocycles. The van der Waals surface area contributed by atoms with E-state index in [0.29, 0.717) is 0 Å². The van der Waals surface area contributed by atoms with Crippen LogP contribution in [0.25, 0.3) is 0 Å². The number of hydrogen-bond acceptors (Lipinski definition) is 3. The lowest BCUT2D eigenvalue weighted by molar-refractivity contribution is 0.164. The standard InChI is InChI=1S/C12H24O2S/c1-9(13)10(2)15-8-12(14)7-11-5-3-4-6-11/h9-14H,3-8H2,1-2H3. The van der Waals surface area contributed by atoms with E-state index in [4.69, 9.17) is 0 Å². The summed E-state index contributed by atoms with van der Waals surface area (Å²) in [5, 5.41) is 19.4. The average Bonchev–Trinajstić information content (AvgIpc) is 2.66. The fraction of sp³-hybridized carbons (Fsp3) is 1.00. The zero-order chi connectivity index (χ0) is 11.3. The number of thioether (sulfide) groups is 1. The summed E-state index contributed by atoms with van der Waals surface area (Å²) in [7, 11) is 0. The summed E-state index contributed by atoms with van der Waals surface area (Å²) in [6.45, 7) is 3.82. The molecule has 0 bridgehead atoms. The van der Waals surface area contributed by atoms with Gasteiger partial charge in [-0.3, -0.25) is 0 Å². The fourth-order valence-electron chi connectivity index (χ4n) is 2.10. The minimum atomic E-state index is -0.284. The Kier molecular flexibility index (Phi) is 6.02. The van der Waals surface area contributed by atoms with Gasteiger partial charge in [-0.1, -0.05) is 32.6 Å². The van der Waals surface area contributed by atoms with E-state index in [2.05, 4.69) is 0 Å². The zero-order valence-corrected chi connectivity index (χ0v) is 10.7. The van der Waals surface area contributed by atoms with E-state index in [1.165, 1.54) is 25.7 Å². The van der Waals surface area contributed by atoms with Crippen LogP contribution in [0, 0.1) is 5.92 Å². The zero-order valence-electron chi connectivity index (χ0n) is 9.85. The molecule has 2 nitrogen and oxygen atoms in total. The summed E-state index contributed by atoms with van der Waals surface area (Å²) in [6, 6.07) is 0. The molecule has 0 radical (unpaired) electrons. The van der Waals surface area contributed by atoms with Crippen LogP contribution < -0.4 is 0 Å². The lowest BCUT2D eigenvalue weighted by Gasteiger charge is -2.18. The van der Waals surface area contributed by atoms with Crippen LogP contribution in [0.4, 0.5) is 0 Å². The maximum Gasteiger partial charge on any atom is 0.0633 e. The molecule has 1 saturated carbocycles. The average molecular weight is 232 g/mol. The van der Waals surface area contributed by atoms with Crippen molar-refractivity contribution in [3.63, 3.8) is 0 Å². The molecule has 15 heavy (non-hydrogen) atoms. The van der Waals surface area contributed by atoms with Crippen molar-refractivity contribution >= 4 is 11.8 Å². The molecule has 0 aromatic heterocycles. The first-order valence-corrected chi connectivity index (χ1v) is 7.12. The van der Waals surface area contributed by atoms with Crippen molar-refractivity contribution in [2.75, 3.05) is 5.75 Å². The van der Waals surface area contributed by atoms with E-state index in [1.54, 1.807) is 18.7 Å². The van der Waals surface area contributed by atoms with Crippen LogP contribution in [-0.2, 0) is 0 Å². The highest BCUT2D eigenvalue weighted by Gasteiger charge is 2.19. The maximum absolute atomic E-state index is 9.84. The van der Waals surface area contributed by atoms with Crippen LogP contribution in [0.2, 0.25) is 0 Å². The van der Waals surface area contributed by atoms with Gasteiger partial charge in [-0.25, -0.2) is 0 Å². The second-order valence-electron chi connectivity index (χ2n) is 4.82. The fourth-order valence-corrected chi connectivity index (χ4v) is 3.04. The van der Waals surface area contributed by atoms with Gasteiger partial charge in [-0.05, 0) is 19.3 Å². The SMILES string of the molecule is CC(O)C(C)SCC(O)CC1CCCC1. The minimum absolute atomic E-state index is 0.181. The molecule has 0 amide bonds. The first-order valence-electron chi connectivity index (χ1n) is 6.07. The monoisotopic (exact) mass is 232 g/mol. The van der Waals surface area contributed by atoms with Gasteiger partial charge in [0.1, 0.15) is 0 Å². The van der Waals surface area contributed by atoms with Gasteiger partial charge >= 0.3 is 0 Å². The van der Waals surface area contributed by atoms with E-state index in [1.807, 2.05) is 6.92 Å². The van der Waals surface area contributed by atoms with E-state index >= 15 is 0 Å². The predicted octanol–water partition coefficient (Wildman–Crippen LogP) is 2.43. The molecule has 0 aliphatic heterocycles. The van der Waals surface area contributed by atoms with Crippen molar-refractivity contribution in [2.24, 2.45) is 5.92 Å². The summed E-state index contributed by atoms with van der Waals surface area (Å²) in [5.41, 5.74) is 0. The van der Waals surface area contributed by atoms with Crippen molar-refractivity contribution < 1.29 is 10.2 Å². The van der Waals surface area contributed by atoms with Crippen LogP contribution >= 0.6 is 11.8 Å². The topological polar surface area (TPSA) is 40.5 Å². The highest BCUT2D eigenvalue weighted by molar-refractivity contribution is 7.99. The molecule has 3 unspecified atom stereocenters. The Morgan fingerprint density at radius 1 is 1.20 bits per heavy atom. The van der Waals surface area contributed by atoms with Crippen LogP contribution in [0.15, 0.2) is 0 Å². The molecular weight excluding hydrogens is 208 g/mol. The van der Waals surface area contributed by atoms with Crippen LogP contribution in [0.5, 0.6) is 0 Å². The van der Waals surface area contributed by atoms with Crippen molar-refractivity contribution in [1.82, 2.24) is 0 Å². The molecule has 0 aromatic carbocycles. The van der Waals surface area contributed by atoms with Crippen LogP contribution in [-0.4, -0.2) is 33.4 Å². The smallest absolute Gasteiger partial charge is 0.0633 e. The van der Waals surface area contributed by atoms with Crippen molar-refractivity contribution in [2.45, 2.75) is 63.4 Å². The lowest BCUT2D eigenvalue weighted by atomic mass is 10.0. The molecule has 1 aliphatic rings. The molecule has 90 valence electrons. The molecule has 3 atom stereocenters. The van der Waals surface area contributed by atoms with Gasteiger partial charge in [0.25, 0.3) is 0 Å². The highest BCUT2D eigenvalue weighted by atomic mass is 32.2. The number of hydrogen-bond donors (Lipinski definition) is 2. The van der Waals surface area contributed by atoms with E-state index in [0.717, 1.165) is 18.1 Å². The number of aliphatic hydroxyl groups is 2. The van der Waals surface area contributed by atoms with Crippen LogP contribution in [0.1, 0.15) is 46.0 Å².